The normalized spacial score (nSPS) is 11.1. The summed E-state index contributed by atoms with van der Waals surface area (Å²) in [6.45, 7) is 1.43. The van der Waals surface area contributed by atoms with Gasteiger partial charge < -0.3 is 5.11 Å². The first-order valence-corrected chi connectivity index (χ1v) is 7.64. The minimum absolute atomic E-state index is 0.0739. The maximum atomic E-state index is 12.4. The summed E-state index contributed by atoms with van der Waals surface area (Å²) in [5.41, 5.74) is 0.201. The number of anilines is 1. The number of carbonyl (C=O) groups is 1. The molecule has 0 radical (unpaired) electrons. The molecule has 0 unspecified atom stereocenters. The molecule has 8 heteroatoms. The number of carboxylic acid groups (broad SMARTS) is 1. The lowest BCUT2D eigenvalue weighted by atomic mass is 10.1. The number of carboxylic acids is 1. The molecule has 1 heterocycles. The fourth-order valence-electron chi connectivity index (χ4n) is 1.79. The lowest BCUT2D eigenvalue weighted by molar-refractivity contribution is 0.0696. The van der Waals surface area contributed by atoms with Crippen molar-refractivity contribution in [3.05, 3.63) is 52.8 Å². The standard InChI is InChI=1S/C13H11ClN2O4S/c1-8-9(13(17)18)3-2-4-12(8)21(19,20)16-11-7-15-6-5-10(11)14/h2-7,16H,1H3,(H,17,18). The second-order valence-corrected chi connectivity index (χ2v) is 6.25. The molecule has 0 bridgehead atoms. The van der Waals surface area contributed by atoms with E-state index in [-0.39, 0.29) is 26.7 Å². The van der Waals surface area contributed by atoms with Crippen molar-refractivity contribution in [2.75, 3.05) is 4.72 Å². The van der Waals surface area contributed by atoms with E-state index in [1.165, 1.54) is 43.6 Å². The first-order chi connectivity index (χ1) is 9.83. The fraction of sp³-hybridized carbons (Fsp3) is 0.0769. The Labute approximate surface area is 126 Å². The predicted octanol–water partition coefficient (Wildman–Crippen LogP) is 2.54. The van der Waals surface area contributed by atoms with E-state index in [4.69, 9.17) is 16.7 Å². The predicted molar refractivity (Wildman–Crippen MR) is 78.2 cm³/mol. The highest BCUT2D eigenvalue weighted by atomic mass is 35.5. The van der Waals surface area contributed by atoms with Gasteiger partial charge in [0.05, 0.1) is 27.4 Å². The number of halogens is 1. The van der Waals surface area contributed by atoms with E-state index >= 15 is 0 Å². The van der Waals surface area contributed by atoms with Crippen molar-refractivity contribution in [2.24, 2.45) is 0 Å². The molecular weight excluding hydrogens is 316 g/mol. The number of pyridine rings is 1. The molecule has 21 heavy (non-hydrogen) atoms. The number of benzene rings is 1. The number of rotatable bonds is 4. The van der Waals surface area contributed by atoms with E-state index in [0.29, 0.717) is 0 Å². The molecule has 0 atom stereocenters. The van der Waals surface area contributed by atoms with Gasteiger partial charge in [0.1, 0.15) is 0 Å². The van der Waals surface area contributed by atoms with Crippen LogP contribution in [-0.2, 0) is 10.0 Å². The summed E-state index contributed by atoms with van der Waals surface area (Å²) in [5, 5.41) is 9.24. The van der Waals surface area contributed by atoms with Crippen LogP contribution >= 0.6 is 11.6 Å². The van der Waals surface area contributed by atoms with Crippen molar-refractivity contribution in [1.82, 2.24) is 4.98 Å². The third kappa shape index (κ3) is 3.14. The Hall–Kier alpha value is -2.12. The smallest absolute Gasteiger partial charge is 0.335 e. The molecular formula is C13H11ClN2O4S. The van der Waals surface area contributed by atoms with Gasteiger partial charge in [-0.3, -0.25) is 9.71 Å². The van der Waals surface area contributed by atoms with Crippen molar-refractivity contribution in [3.8, 4) is 0 Å². The minimum atomic E-state index is -3.96. The lowest BCUT2D eigenvalue weighted by Gasteiger charge is -2.12. The molecule has 0 saturated heterocycles. The molecule has 0 amide bonds. The molecule has 0 spiro atoms. The van der Waals surface area contributed by atoms with Gasteiger partial charge in [0.15, 0.2) is 0 Å². The molecule has 2 rings (SSSR count). The van der Waals surface area contributed by atoms with Crippen molar-refractivity contribution in [3.63, 3.8) is 0 Å². The van der Waals surface area contributed by atoms with E-state index < -0.39 is 16.0 Å². The number of nitrogens with zero attached hydrogens (tertiary/aromatic N) is 1. The van der Waals surface area contributed by atoms with Gasteiger partial charge in [-0.2, -0.15) is 0 Å². The van der Waals surface area contributed by atoms with E-state index in [1.54, 1.807) is 0 Å². The molecule has 110 valence electrons. The molecule has 0 aliphatic rings. The van der Waals surface area contributed by atoms with Crippen molar-refractivity contribution in [2.45, 2.75) is 11.8 Å². The zero-order chi connectivity index (χ0) is 15.6. The van der Waals surface area contributed by atoms with Crippen LogP contribution in [0.4, 0.5) is 5.69 Å². The number of sulfonamides is 1. The quantitative estimate of drug-likeness (QED) is 0.900. The maximum absolute atomic E-state index is 12.4. The van der Waals surface area contributed by atoms with Crippen LogP contribution in [0.2, 0.25) is 5.02 Å². The van der Waals surface area contributed by atoms with Gasteiger partial charge >= 0.3 is 5.97 Å². The minimum Gasteiger partial charge on any atom is -0.478 e. The first-order valence-electron chi connectivity index (χ1n) is 5.78. The Morgan fingerprint density at radius 2 is 2.05 bits per heavy atom. The van der Waals surface area contributed by atoms with E-state index in [9.17, 15) is 13.2 Å². The Kier molecular flexibility index (Phi) is 4.15. The molecule has 0 aliphatic heterocycles. The van der Waals surface area contributed by atoms with Gasteiger partial charge in [-0.05, 0) is 30.7 Å². The van der Waals surface area contributed by atoms with Crippen LogP contribution in [0.15, 0.2) is 41.6 Å². The van der Waals surface area contributed by atoms with Crippen LogP contribution in [0.3, 0.4) is 0 Å². The van der Waals surface area contributed by atoms with Gasteiger partial charge in [-0.1, -0.05) is 17.7 Å². The molecule has 2 aromatic rings. The Morgan fingerprint density at radius 1 is 1.33 bits per heavy atom. The van der Waals surface area contributed by atoms with Gasteiger partial charge in [0.2, 0.25) is 0 Å². The number of hydrogen-bond acceptors (Lipinski definition) is 4. The van der Waals surface area contributed by atoms with Gasteiger partial charge in [0, 0.05) is 6.20 Å². The Bertz CT molecular complexity index is 806. The molecule has 1 aromatic heterocycles. The van der Waals surface area contributed by atoms with E-state index in [2.05, 4.69) is 9.71 Å². The average Bonchev–Trinajstić information content (AvgIpc) is 2.41. The number of aromatic nitrogens is 1. The van der Waals surface area contributed by atoms with Crippen LogP contribution in [0.1, 0.15) is 15.9 Å². The number of hydrogen-bond donors (Lipinski definition) is 2. The molecule has 0 aliphatic carbocycles. The number of nitrogens with one attached hydrogen (secondary N) is 1. The van der Waals surface area contributed by atoms with Crippen molar-refractivity contribution < 1.29 is 18.3 Å². The summed E-state index contributed by atoms with van der Waals surface area (Å²) in [7, 11) is -3.96. The molecule has 0 fully saturated rings. The van der Waals surface area contributed by atoms with Gasteiger partial charge in [-0.15, -0.1) is 0 Å². The first kappa shape index (κ1) is 15.3. The van der Waals surface area contributed by atoms with Crippen molar-refractivity contribution in [1.29, 1.82) is 0 Å². The van der Waals surface area contributed by atoms with Gasteiger partial charge in [0.25, 0.3) is 10.0 Å². The fourth-order valence-corrected chi connectivity index (χ4v) is 3.33. The molecule has 1 aromatic carbocycles. The van der Waals surface area contributed by atoms with Crippen LogP contribution in [0, 0.1) is 6.92 Å². The Balaban J connectivity index is 2.48. The summed E-state index contributed by atoms with van der Waals surface area (Å²) in [4.78, 5) is 14.7. The summed E-state index contributed by atoms with van der Waals surface area (Å²) in [6.07, 6.45) is 2.70. The zero-order valence-corrected chi connectivity index (χ0v) is 12.4. The highest BCUT2D eigenvalue weighted by Crippen LogP contribution is 2.25. The lowest BCUT2D eigenvalue weighted by Crippen LogP contribution is -2.16. The summed E-state index contributed by atoms with van der Waals surface area (Å²) >= 11 is 5.88. The van der Waals surface area contributed by atoms with Crippen LogP contribution in [-0.4, -0.2) is 24.5 Å². The van der Waals surface area contributed by atoms with Crippen LogP contribution in [0.25, 0.3) is 0 Å². The topological polar surface area (TPSA) is 96.4 Å². The third-order valence-electron chi connectivity index (χ3n) is 2.82. The Morgan fingerprint density at radius 3 is 2.67 bits per heavy atom. The zero-order valence-electron chi connectivity index (χ0n) is 10.9. The van der Waals surface area contributed by atoms with E-state index in [0.717, 1.165) is 0 Å². The van der Waals surface area contributed by atoms with Gasteiger partial charge in [-0.25, -0.2) is 13.2 Å². The second-order valence-electron chi connectivity index (χ2n) is 4.19. The molecule has 6 nitrogen and oxygen atoms in total. The SMILES string of the molecule is Cc1c(C(=O)O)cccc1S(=O)(=O)Nc1cnccc1Cl. The van der Waals surface area contributed by atoms with Crippen LogP contribution in [0.5, 0.6) is 0 Å². The third-order valence-corrected chi connectivity index (χ3v) is 4.66. The number of aromatic carboxylic acids is 1. The molecule has 2 N–H and O–H groups in total. The monoisotopic (exact) mass is 326 g/mol. The van der Waals surface area contributed by atoms with Crippen LogP contribution < -0.4 is 4.72 Å². The highest BCUT2D eigenvalue weighted by molar-refractivity contribution is 7.92. The molecule has 0 saturated carbocycles. The highest BCUT2D eigenvalue weighted by Gasteiger charge is 2.21. The largest absolute Gasteiger partial charge is 0.478 e. The second kappa shape index (κ2) is 5.71. The summed E-state index contributed by atoms with van der Waals surface area (Å²) in [6, 6.07) is 5.48. The summed E-state index contributed by atoms with van der Waals surface area (Å²) in [5.74, 6) is -1.19. The van der Waals surface area contributed by atoms with Crippen molar-refractivity contribution >= 4 is 33.3 Å². The summed E-state index contributed by atoms with van der Waals surface area (Å²) < 4.78 is 27.0. The van der Waals surface area contributed by atoms with E-state index in [1.807, 2.05) is 0 Å². The maximum Gasteiger partial charge on any atom is 0.335 e. The average molecular weight is 327 g/mol.